The molecule has 28 heavy (non-hydrogen) atoms. The zero-order valence-corrected chi connectivity index (χ0v) is 17.2. The highest BCUT2D eigenvalue weighted by molar-refractivity contribution is 7.22. The van der Waals surface area contributed by atoms with Crippen LogP contribution in [0.5, 0.6) is 0 Å². The maximum atomic E-state index is 12.3. The predicted molar refractivity (Wildman–Crippen MR) is 117 cm³/mol. The Labute approximate surface area is 170 Å². The molecule has 2 heterocycles. The Hall–Kier alpha value is -2.24. The Balaban J connectivity index is 1.35. The normalized spacial score (nSPS) is 15.8. The second kappa shape index (κ2) is 8.84. The predicted octanol–water partition coefficient (Wildman–Crippen LogP) is 5.10. The van der Waals surface area contributed by atoms with Crippen LogP contribution in [0.3, 0.4) is 0 Å². The van der Waals surface area contributed by atoms with Crippen molar-refractivity contribution in [2.45, 2.75) is 39.2 Å². The van der Waals surface area contributed by atoms with Crippen molar-refractivity contribution in [3.63, 3.8) is 0 Å². The van der Waals surface area contributed by atoms with E-state index in [1.165, 1.54) is 37.1 Å². The Morgan fingerprint density at radius 2 is 1.93 bits per heavy atom. The first-order valence-electron chi connectivity index (χ1n) is 10.1. The van der Waals surface area contributed by atoms with Gasteiger partial charge < -0.3 is 5.32 Å². The number of likely N-dealkylation sites (tertiary alicyclic amines) is 1. The van der Waals surface area contributed by atoms with Gasteiger partial charge in [0.2, 0.25) is 5.91 Å². The van der Waals surface area contributed by atoms with Gasteiger partial charge in [-0.05, 0) is 61.5 Å². The molecule has 1 saturated heterocycles. The molecule has 0 bridgehead atoms. The van der Waals surface area contributed by atoms with Gasteiger partial charge in [0.25, 0.3) is 0 Å². The number of fused-ring (bicyclic) bond motifs is 1. The van der Waals surface area contributed by atoms with E-state index in [0.29, 0.717) is 11.6 Å². The molecule has 0 unspecified atom stereocenters. The topological polar surface area (TPSA) is 45.2 Å². The van der Waals surface area contributed by atoms with Crippen LogP contribution >= 0.6 is 11.3 Å². The molecule has 4 nitrogen and oxygen atoms in total. The van der Waals surface area contributed by atoms with Crippen LogP contribution in [0.15, 0.2) is 48.5 Å². The molecule has 0 spiro atoms. The van der Waals surface area contributed by atoms with Gasteiger partial charge in [0.05, 0.1) is 10.2 Å². The Morgan fingerprint density at radius 1 is 1.14 bits per heavy atom. The van der Waals surface area contributed by atoms with Gasteiger partial charge in [-0.2, -0.15) is 0 Å². The van der Waals surface area contributed by atoms with Crippen LogP contribution in [0.2, 0.25) is 0 Å². The van der Waals surface area contributed by atoms with Crippen molar-refractivity contribution in [2.24, 2.45) is 5.92 Å². The van der Waals surface area contributed by atoms with Gasteiger partial charge in [0, 0.05) is 13.0 Å². The van der Waals surface area contributed by atoms with Crippen LogP contribution < -0.4 is 5.32 Å². The van der Waals surface area contributed by atoms with Crippen LogP contribution in [0.4, 0.5) is 5.13 Å². The monoisotopic (exact) mass is 393 g/mol. The summed E-state index contributed by atoms with van der Waals surface area (Å²) in [7, 11) is 0. The van der Waals surface area contributed by atoms with Gasteiger partial charge in [-0.1, -0.05) is 54.7 Å². The molecule has 1 aliphatic heterocycles. The summed E-state index contributed by atoms with van der Waals surface area (Å²) in [6, 6.07) is 16.6. The van der Waals surface area contributed by atoms with Gasteiger partial charge in [0.15, 0.2) is 5.13 Å². The molecular formula is C23H27N3OS. The van der Waals surface area contributed by atoms with Gasteiger partial charge in [-0.25, -0.2) is 4.98 Å². The molecule has 2 aromatic carbocycles. The molecule has 0 aliphatic carbocycles. The average molecular weight is 394 g/mol. The van der Waals surface area contributed by atoms with E-state index in [1.807, 2.05) is 18.2 Å². The summed E-state index contributed by atoms with van der Waals surface area (Å²) in [6.07, 6.45) is 3.80. The molecule has 0 radical (unpaired) electrons. The number of aryl methyl sites for hydroxylation is 1. The van der Waals surface area contributed by atoms with Crippen LogP contribution in [-0.2, 0) is 17.8 Å². The standard InChI is InChI=1S/C23H27N3OS/c1-17-11-13-26(14-12-17)16-19-7-9-20-21(15-19)28-23(24-20)25-22(27)10-8-18-5-3-2-4-6-18/h2-7,9,15,17H,8,10-14,16H2,1H3,(H,24,25,27). The van der Waals surface area contributed by atoms with Crippen molar-refractivity contribution < 1.29 is 4.79 Å². The first-order valence-corrected chi connectivity index (χ1v) is 10.9. The fraction of sp³-hybridized carbons (Fsp3) is 0.391. The number of hydrogen-bond acceptors (Lipinski definition) is 4. The molecule has 1 aliphatic rings. The number of carbonyl (C=O) groups is 1. The molecule has 1 fully saturated rings. The molecule has 0 saturated carbocycles. The number of amides is 1. The van der Waals surface area contributed by atoms with Crippen LogP contribution in [0.25, 0.3) is 10.2 Å². The van der Waals surface area contributed by atoms with E-state index in [1.54, 1.807) is 11.3 Å². The number of piperidine rings is 1. The minimum atomic E-state index is 0.0190. The SMILES string of the molecule is CC1CCN(Cc2ccc3nc(NC(=O)CCc4ccccc4)sc3c2)CC1. The molecule has 0 atom stereocenters. The summed E-state index contributed by atoms with van der Waals surface area (Å²) in [6.45, 7) is 5.71. The number of aromatic nitrogens is 1. The highest BCUT2D eigenvalue weighted by Gasteiger charge is 2.16. The highest BCUT2D eigenvalue weighted by atomic mass is 32.1. The summed E-state index contributed by atoms with van der Waals surface area (Å²) in [4.78, 5) is 19.4. The van der Waals surface area contributed by atoms with Crippen LogP contribution in [-0.4, -0.2) is 28.9 Å². The van der Waals surface area contributed by atoms with E-state index in [9.17, 15) is 4.79 Å². The molecule has 1 aromatic heterocycles. The second-order valence-corrected chi connectivity index (χ2v) is 8.84. The van der Waals surface area contributed by atoms with Gasteiger partial charge in [-0.3, -0.25) is 9.69 Å². The van der Waals surface area contributed by atoms with E-state index in [4.69, 9.17) is 0 Å². The van der Waals surface area contributed by atoms with Gasteiger partial charge >= 0.3 is 0 Å². The summed E-state index contributed by atoms with van der Waals surface area (Å²) in [5.41, 5.74) is 3.46. The van der Waals surface area contributed by atoms with Crippen molar-refractivity contribution in [1.82, 2.24) is 9.88 Å². The Bertz CT molecular complexity index is 929. The maximum absolute atomic E-state index is 12.3. The number of anilines is 1. The summed E-state index contributed by atoms with van der Waals surface area (Å²) in [5.74, 6) is 0.874. The molecule has 1 N–H and O–H groups in total. The molecule has 5 heteroatoms. The lowest BCUT2D eigenvalue weighted by molar-refractivity contribution is -0.116. The molecule has 4 rings (SSSR count). The lowest BCUT2D eigenvalue weighted by Gasteiger charge is -2.30. The summed E-state index contributed by atoms with van der Waals surface area (Å²) < 4.78 is 1.14. The van der Waals surface area contributed by atoms with Crippen molar-refractivity contribution >= 4 is 32.6 Å². The Morgan fingerprint density at radius 3 is 2.71 bits per heavy atom. The van der Waals surface area contributed by atoms with E-state index in [0.717, 1.165) is 29.1 Å². The van der Waals surface area contributed by atoms with Crippen molar-refractivity contribution in [3.8, 4) is 0 Å². The minimum Gasteiger partial charge on any atom is -0.302 e. The molecule has 146 valence electrons. The third-order valence-electron chi connectivity index (χ3n) is 5.47. The first-order chi connectivity index (χ1) is 13.7. The number of nitrogens with one attached hydrogen (secondary N) is 1. The maximum Gasteiger partial charge on any atom is 0.226 e. The fourth-order valence-corrected chi connectivity index (χ4v) is 4.63. The molecular weight excluding hydrogens is 366 g/mol. The van der Waals surface area contributed by atoms with Crippen molar-refractivity contribution in [3.05, 3.63) is 59.7 Å². The second-order valence-electron chi connectivity index (χ2n) is 7.81. The first kappa shape index (κ1) is 19.1. The zero-order valence-electron chi connectivity index (χ0n) is 16.4. The third-order valence-corrected chi connectivity index (χ3v) is 6.40. The minimum absolute atomic E-state index is 0.0190. The summed E-state index contributed by atoms with van der Waals surface area (Å²) >= 11 is 1.56. The number of carbonyl (C=O) groups excluding carboxylic acids is 1. The van der Waals surface area contributed by atoms with E-state index in [2.05, 4.69) is 52.5 Å². The van der Waals surface area contributed by atoms with Crippen molar-refractivity contribution in [2.75, 3.05) is 18.4 Å². The smallest absolute Gasteiger partial charge is 0.226 e. The van der Waals surface area contributed by atoms with Gasteiger partial charge in [-0.15, -0.1) is 0 Å². The van der Waals surface area contributed by atoms with Crippen molar-refractivity contribution in [1.29, 1.82) is 0 Å². The lowest BCUT2D eigenvalue weighted by Crippen LogP contribution is -2.32. The van der Waals surface area contributed by atoms with E-state index in [-0.39, 0.29) is 5.91 Å². The van der Waals surface area contributed by atoms with Crippen LogP contribution in [0.1, 0.15) is 37.3 Å². The highest BCUT2D eigenvalue weighted by Crippen LogP contribution is 2.28. The van der Waals surface area contributed by atoms with E-state index < -0.39 is 0 Å². The average Bonchev–Trinajstić information content (AvgIpc) is 3.10. The molecule has 1 amide bonds. The number of rotatable bonds is 6. The lowest BCUT2D eigenvalue weighted by atomic mass is 9.99. The van der Waals surface area contributed by atoms with E-state index >= 15 is 0 Å². The fourth-order valence-electron chi connectivity index (χ4n) is 3.68. The largest absolute Gasteiger partial charge is 0.302 e. The summed E-state index contributed by atoms with van der Waals surface area (Å²) in [5, 5.41) is 3.66. The third kappa shape index (κ3) is 4.97. The van der Waals surface area contributed by atoms with Gasteiger partial charge in [0.1, 0.15) is 0 Å². The number of benzene rings is 2. The zero-order chi connectivity index (χ0) is 19.3. The number of thiazole rings is 1. The number of nitrogens with zero attached hydrogens (tertiary/aromatic N) is 2. The van der Waals surface area contributed by atoms with Crippen LogP contribution in [0, 0.1) is 5.92 Å². The quantitative estimate of drug-likeness (QED) is 0.634. The Kier molecular flexibility index (Phi) is 6.03. The number of hydrogen-bond donors (Lipinski definition) is 1. The molecule has 3 aromatic rings.